The van der Waals surface area contributed by atoms with Crippen LogP contribution in [0.2, 0.25) is 0 Å². The van der Waals surface area contributed by atoms with Gasteiger partial charge >= 0.3 is 5.97 Å². The minimum Gasteiger partial charge on any atom is -0.423 e. The van der Waals surface area contributed by atoms with Gasteiger partial charge in [-0.2, -0.15) is 5.10 Å². The van der Waals surface area contributed by atoms with E-state index < -0.39 is 5.97 Å². The summed E-state index contributed by atoms with van der Waals surface area (Å²) in [4.78, 5) is 26.3. The largest absolute Gasteiger partial charge is 0.423 e. The number of benzene rings is 2. The van der Waals surface area contributed by atoms with Crippen LogP contribution in [0.15, 0.2) is 54.7 Å². The van der Waals surface area contributed by atoms with E-state index in [0.29, 0.717) is 23.4 Å². The van der Waals surface area contributed by atoms with Crippen molar-refractivity contribution in [2.24, 2.45) is 0 Å². The summed E-state index contributed by atoms with van der Waals surface area (Å²) in [6, 6.07) is 15.0. The average Bonchev–Trinajstić information content (AvgIpc) is 3.04. The molecule has 0 N–H and O–H groups in total. The second-order valence-electron chi connectivity index (χ2n) is 6.86. The predicted molar refractivity (Wildman–Crippen MR) is 107 cm³/mol. The number of aryl methyl sites for hydroxylation is 1. The zero-order valence-corrected chi connectivity index (χ0v) is 16.5. The highest BCUT2D eigenvalue weighted by molar-refractivity contribution is 5.95. The molecule has 0 unspecified atom stereocenters. The van der Waals surface area contributed by atoms with Crippen LogP contribution in [0.5, 0.6) is 5.75 Å². The molecule has 0 bridgehead atoms. The lowest BCUT2D eigenvalue weighted by Gasteiger charge is -2.13. The zero-order valence-electron chi connectivity index (χ0n) is 16.5. The van der Waals surface area contributed by atoms with Gasteiger partial charge in [-0.15, -0.1) is 0 Å². The molecule has 144 valence electrons. The third kappa shape index (κ3) is 4.11. The molecule has 2 aromatic carbocycles. The summed E-state index contributed by atoms with van der Waals surface area (Å²) >= 11 is 0. The number of nitrogens with zero attached hydrogens (tertiary/aromatic N) is 3. The van der Waals surface area contributed by atoms with Crippen LogP contribution in [0.25, 0.3) is 0 Å². The first-order chi connectivity index (χ1) is 13.4. The fourth-order valence-corrected chi connectivity index (χ4v) is 2.82. The molecular formula is C22H23N3O3. The molecule has 0 aliphatic rings. The van der Waals surface area contributed by atoms with Crippen LogP contribution in [0.4, 0.5) is 0 Å². The van der Waals surface area contributed by atoms with E-state index in [2.05, 4.69) is 5.10 Å². The van der Waals surface area contributed by atoms with Gasteiger partial charge in [0.1, 0.15) is 11.3 Å². The Balaban J connectivity index is 1.80. The number of aromatic nitrogens is 2. The van der Waals surface area contributed by atoms with Crippen LogP contribution in [-0.2, 0) is 6.54 Å². The molecule has 0 aliphatic heterocycles. The van der Waals surface area contributed by atoms with Gasteiger partial charge in [-0.25, -0.2) is 4.79 Å². The maximum absolute atomic E-state index is 12.7. The van der Waals surface area contributed by atoms with Gasteiger partial charge in [-0.05, 0) is 37.1 Å². The quantitative estimate of drug-likeness (QED) is 0.504. The van der Waals surface area contributed by atoms with Gasteiger partial charge in [-0.3, -0.25) is 9.48 Å². The molecule has 6 heteroatoms. The van der Waals surface area contributed by atoms with E-state index in [1.54, 1.807) is 37.0 Å². The Morgan fingerprint density at radius 2 is 1.79 bits per heavy atom. The maximum atomic E-state index is 12.7. The number of esters is 1. The van der Waals surface area contributed by atoms with Gasteiger partial charge in [0, 0.05) is 19.7 Å². The number of carbonyl (C=O) groups is 2. The van der Waals surface area contributed by atoms with Crippen LogP contribution in [-0.4, -0.2) is 40.7 Å². The summed E-state index contributed by atoms with van der Waals surface area (Å²) in [5.74, 6) is -0.272. The van der Waals surface area contributed by atoms with Crippen molar-refractivity contribution in [1.82, 2.24) is 14.7 Å². The minimum absolute atomic E-state index is 0.149. The highest BCUT2D eigenvalue weighted by atomic mass is 16.5. The van der Waals surface area contributed by atoms with Crippen molar-refractivity contribution in [2.45, 2.75) is 20.4 Å². The fourth-order valence-electron chi connectivity index (χ4n) is 2.82. The standard InChI is InChI=1S/C22H23N3O3/c1-15-10-11-18(21(26)24(3)4)12-20(15)28-22(27)19-13-23-25(16(19)2)14-17-8-6-5-7-9-17/h5-13H,14H2,1-4H3. The van der Waals surface area contributed by atoms with Gasteiger partial charge in [0.25, 0.3) is 5.91 Å². The summed E-state index contributed by atoms with van der Waals surface area (Å²) in [6.07, 6.45) is 1.52. The molecule has 1 amide bonds. The lowest BCUT2D eigenvalue weighted by molar-refractivity contribution is 0.0729. The number of rotatable bonds is 5. The van der Waals surface area contributed by atoms with Gasteiger partial charge in [0.05, 0.1) is 18.4 Å². The number of hydrogen-bond donors (Lipinski definition) is 0. The molecule has 28 heavy (non-hydrogen) atoms. The summed E-state index contributed by atoms with van der Waals surface area (Å²) in [7, 11) is 3.36. The predicted octanol–water partition coefficient (Wildman–Crippen LogP) is 3.47. The van der Waals surface area contributed by atoms with E-state index in [0.717, 1.165) is 16.8 Å². The molecule has 0 aliphatic carbocycles. The first-order valence-electron chi connectivity index (χ1n) is 8.97. The molecule has 0 saturated heterocycles. The monoisotopic (exact) mass is 377 g/mol. The Morgan fingerprint density at radius 1 is 1.07 bits per heavy atom. The average molecular weight is 377 g/mol. The Labute approximate surface area is 164 Å². The van der Waals surface area contributed by atoms with Crippen molar-refractivity contribution >= 4 is 11.9 Å². The molecule has 3 aromatic rings. The molecular weight excluding hydrogens is 354 g/mol. The van der Waals surface area contributed by atoms with Gasteiger partial charge in [-0.1, -0.05) is 36.4 Å². The molecule has 0 atom stereocenters. The fraction of sp³-hybridized carbons (Fsp3) is 0.227. The normalized spacial score (nSPS) is 10.6. The maximum Gasteiger partial charge on any atom is 0.347 e. The first-order valence-corrected chi connectivity index (χ1v) is 8.97. The van der Waals surface area contributed by atoms with Crippen LogP contribution < -0.4 is 4.74 Å². The van der Waals surface area contributed by atoms with Crippen molar-refractivity contribution in [2.75, 3.05) is 14.1 Å². The van der Waals surface area contributed by atoms with Crippen LogP contribution in [0, 0.1) is 13.8 Å². The SMILES string of the molecule is Cc1ccc(C(=O)N(C)C)cc1OC(=O)c1cnn(Cc2ccccc2)c1C. The molecule has 0 saturated carbocycles. The van der Waals surface area contributed by atoms with E-state index >= 15 is 0 Å². The van der Waals surface area contributed by atoms with E-state index in [1.807, 2.05) is 44.2 Å². The lowest BCUT2D eigenvalue weighted by Crippen LogP contribution is -2.21. The Bertz CT molecular complexity index is 1010. The Morgan fingerprint density at radius 3 is 2.46 bits per heavy atom. The van der Waals surface area contributed by atoms with Crippen LogP contribution in [0.1, 0.15) is 37.5 Å². The second kappa shape index (κ2) is 8.08. The third-order valence-electron chi connectivity index (χ3n) is 4.54. The van der Waals surface area contributed by atoms with Gasteiger partial charge in [0.15, 0.2) is 0 Å². The summed E-state index contributed by atoms with van der Waals surface area (Å²) in [5.41, 5.74) is 3.47. The highest BCUT2D eigenvalue weighted by Gasteiger charge is 2.19. The van der Waals surface area contributed by atoms with Crippen molar-refractivity contribution in [3.63, 3.8) is 0 Å². The van der Waals surface area contributed by atoms with E-state index in [9.17, 15) is 9.59 Å². The van der Waals surface area contributed by atoms with Crippen LogP contribution in [0.3, 0.4) is 0 Å². The van der Waals surface area contributed by atoms with Gasteiger partial charge < -0.3 is 9.64 Å². The van der Waals surface area contributed by atoms with Crippen molar-refractivity contribution in [3.8, 4) is 5.75 Å². The molecule has 1 aromatic heterocycles. The summed E-state index contributed by atoms with van der Waals surface area (Å²) < 4.78 is 7.35. The molecule has 3 rings (SSSR count). The third-order valence-corrected chi connectivity index (χ3v) is 4.54. The van der Waals surface area contributed by atoms with E-state index in [-0.39, 0.29) is 5.91 Å². The van der Waals surface area contributed by atoms with Crippen molar-refractivity contribution < 1.29 is 14.3 Å². The topological polar surface area (TPSA) is 64.4 Å². The minimum atomic E-state index is -0.491. The van der Waals surface area contributed by atoms with Crippen molar-refractivity contribution in [1.29, 1.82) is 0 Å². The zero-order chi connectivity index (χ0) is 20.3. The summed E-state index contributed by atoms with van der Waals surface area (Å²) in [6.45, 7) is 4.25. The number of carbonyl (C=O) groups excluding carboxylic acids is 2. The molecule has 0 fully saturated rings. The smallest absolute Gasteiger partial charge is 0.347 e. The Kier molecular flexibility index (Phi) is 5.59. The molecule has 0 spiro atoms. The molecule has 1 heterocycles. The molecule has 6 nitrogen and oxygen atoms in total. The van der Waals surface area contributed by atoms with Gasteiger partial charge in [0.2, 0.25) is 0 Å². The Hall–Kier alpha value is -3.41. The second-order valence-corrected chi connectivity index (χ2v) is 6.86. The van der Waals surface area contributed by atoms with Crippen molar-refractivity contribution in [3.05, 3.63) is 82.7 Å². The molecule has 0 radical (unpaired) electrons. The number of ether oxygens (including phenoxy) is 1. The number of hydrogen-bond acceptors (Lipinski definition) is 4. The van der Waals surface area contributed by atoms with E-state index in [1.165, 1.54) is 11.1 Å². The van der Waals surface area contributed by atoms with E-state index in [4.69, 9.17) is 4.74 Å². The van der Waals surface area contributed by atoms with Crippen LogP contribution >= 0.6 is 0 Å². The lowest BCUT2D eigenvalue weighted by atomic mass is 10.1. The number of amides is 1. The first kappa shape index (κ1) is 19.4. The highest BCUT2D eigenvalue weighted by Crippen LogP contribution is 2.22. The summed E-state index contributed by atoms with van der Waals surface area (Å²) in [5, 5.41) is 4.32.